The highest BCUT2D eigenvalue weighted by atomic mass is 35.5. The van der Waals surface area contributed by atoms with Gasteiger partial charge in [0.05, 0.1) is 17.1 Å². The van der Waals surface area contributed by atoms with Crippen molar-refractivity contribution in [2.75, 3.05) is 0 Å². The van der Waals surface area contributed by atoms with Crippen LogP contribution in [-0.4, -0.2) is 18.2 Å². The molecular formula is C21H15ClFN3O2S. The van der Waals surface area contributed by atoms with Crippen LogP contribution in [0.2, 0.25) is 5.02 Å². The van der Waals surface area contributed by atoms with Crippen molar-refractivity contribution in [2.45, 2.75) is 4.90 Å². The van der Waals surface area contributed by atoms with Crippen molar-refractivity contribution in [1.29, 1.82) is 0 Å². The lowest BCUT2D eigenvalue weighted by Gasteiger charge is -2.11. The molecule has 4 aromatic rings. The zero-order valence-corrected chi connectivity index (χ0v) is 16.5. The van der Waals surface area contributed by atoms with Gasteiger partial charge in [-0.05, 0) is 54.6 Å². The zero-order chi connectivity index (χ0) is 20.6. The van der Waals surface area contributed by atoms with E-state index in [4.69, 9.17) is 16.7 Å². The van der Waals surface area contributed by atoms with E-state index in [0.717, 1.165) is 5.56 Å². The number of benzene rings is 3. The van der Waals surface area contributed by atoms with E-state index >= 15 is 0 Å². The first-order valence-corrected chi connectivity index (χ1v) is 10.5. The van der Waals surface area contributed by atoms with Gasteiger partial charge in [0.1, 0.15) is 10.7 Å². The molecule has 0 saturated heterocycles. The minimum absolute atomic E-state index is 0.0519. The highest BCUT2D eigenvalue weighted by molar-refractivity contribution is 7.89. The summed E-state index contributed by atoms with van der Waals surface area (Å²) in [5.41, 5.74) is 2.97. The molecule has 29 heavy (non-hydrogen) atoms. The summed E-state index contributed by atoms with van der Waals surface area (Å²) in [7, 11) is -3.98. The van der Waals surface area contributed by atoms with Crippen molar-refractivity contribution in [3.63, 3.8) is 0 Å². The fraction of sp³-hybridized carbons (Fsp3) is 0. The molecule has 8 heteroatoms. The van der Waals surface area contributed by atoms with Crippen molar-refractivity contribution >= 4 is 21.6 Å². The van der Waals surface area contributed by atoms with Gasteiger partial charge in [-0.15, -0.1) is 0 Å². The molecule has 0 fully saturated rings. The van der Waals surface area contributed by atoms with Crippen LogP contribution in [0.4, 0.5) is 4.39 Å². The number of primary sulfonamides is 1. The highest BCUT2D eigenvalue weighted by Crippen LogP contribution is 2.31. The fourth-order valence-electron chi connectivity index (χ4n) is 3.03. The average Bonchev–Trinajstić information content (AvgIpc) is 3.14. The molecule has 2 N–H and O–H groups in total. The van der Waals surface area contributed by atoms with Crippen LogP contribution >= 0.6 is 11.6 Å². The van der Waals surface area contributed by atoms with Gasteiger partial charge in [-0.3, -0.25) is 0 Å². The number of nitrogens with two attached hydrogens (primary N) is 1. The minimum atomic E-state index is -3.98. The monoisotopic (exact) mass is 427 g/mol. The minimum Gasteiger partial charge on any atom is -0.231 e. The molecule has 4 rings (SSSR count). The van der Waals surface area contributed by atoms with E-state index in [2.05, 4.69) is 5.10 Å². The largest absolute Gasteiger partial charge is 0.240 e. The highest BCUT2D eigenvalue weighted by Gasteiger charge is 2.20. The fourth-order valence-corrected chi connectivity index (χ4v) is 3.87. The predicted octanol–water partition coefficient (Wildman–Crippen LogP) is 4.65. The Morgan fingerprint density at radius 3 is 2.17 bits per heavy atom. The smallest absolute Gasteiger partial charge is 0.231 e. The number of halogens is 2. The molecule has 0 aliphatic rings. The van der Waals surface area contributed by atoms with Gasteiger partial charge in [-0.25, -0.2) is 22.6 Å². The molecule has 0 atom stereocenters. The predicted molar refractivity (Wildman–Crippen MR) is 111 cm³/mol. The average molecular weight is 428 g/mol. The number of para-hydroxylation sites is 1. The summed E-state index contributed by atoms with van der Waals surface area (Å²) in [6.07, 6.45) is 0. The van der Waals surface area contributed by atoms with Crippen LogP contribution in [0.5, 0.6) is 0 Å². The van der Waals surface area contributed by atoms with E-state index < -0.39 is 10.0 Å². The molecular weight excluding hydrogens is 413 g/mol. The normalized spacial score (nSPS) is 11.6. The first-order chi connectivity index (χ1) is 13.8. The van der Waals surface area contributed by atoms with Crippen molar-refractivity contribution in [1.82, 2.24) is 9.78 Å². The Balaban J connectivity index is 1.98. The topological polar surface area (TPSA) is 78.0 Å². The lowest BCUT2D eigenvalue weighted by molar-refractivity contribution is 0.596. The van der Waals surface area contributed by atoms with Gasteiger partial charge < -0.3 is 0 Å². The number of aromatic nitrogens is 2. The summed E-state index contributed by atoms with van der Waals surface area (Å²) < 4.78 is 39.1. The summed E-state index contributed by atoms with van der Waals surface area (Å²) in [6, 6.07) is 21.1. The summed E-state index contributed by atoms with van der Waals surface area (Å²) in [5.74, 6) is -0.356. The Morgan fingerprint density at radius 2 is 1.52 bits per heavy atom. The first-order valence-electron chi connectivity index (χ1n) is 8.57. The van der Waals surface area contributed by atoms with E-state index in [9.17, 15) is 12.8 Å². The maximum atomic E-state index is 13.3. The Hall–Kier alpha value is -3.00. The van der Waals surface area contributed by atoms with Crippen LogP contribution in [0.15, 0.2) is 83.8 Å². The van der Waals surface area contributed by atoms with Gasteiger partial charge >= 0.3 is 0 Å². The SMILES string of the molecule is NS(=O)(=O)c1ccccc1-n1nc(-c2ccc(F)cc2)cc1-c1ccc(Cl)cc1. The van der Waals surface area contributed by atoms with Gasteiger partial charge in [0.15, 0.2) is 0 Å². The van der Waals surface area contributed by atoms with Gasteiger partial charge in [-0.1, -0.05) is 35.9 Å². The Labute approximate surface area is 172 Å². The molecule has 146 valence electrons. The van der Waals surface area contributed by atoms with E-state index in [-0.39, 0.29) is 10.7 Å². The molecule has 0 amide bonds. The third-order valence-electron chi connectivity index (χ3n) is 4.39. The number of nitrogens with zero attached hydrogens (tertiary/aromatic N) is 2. The number of hydrogen-bond donors (Lipinski definition) is 1. The molecule has 5 nitrogen and oxygen atoms in total. The second-order valence-corrected chi connectivity index (χ2v) is 8.32. The maximum Gasteiger partial charge on any atom is 0.240 e. The van der Waals surface area contributed by atoms with Crippen LogP contribution in [0.25, 0.3) is 28.2 Å². The first kappa shape index (κ1) is 19.3. The molecule has 0 aliphatic carbocycles. The standard InChI is InChI=1S/C21H15ClFN3O2S/c22-16-9-5-15(6-10-16)20-13-18(14-7-11-17(23)12-8-14)25-26(20)19-3-1-2-4-21(19)29(24,27)28/h1-13H,(H2,24,27,28). The zero-order valence-electron chi connectivity index (χ0n) is 15.0. The third-order valence-corrected chi connectivity index (χ3v) is 5.60. The molecule has 0 bridgehead atoms. The summed E-state index contributed by atoms with van der Waals surface area (Å²) in [6.45, 7) is 0. The lowest BCUT2D eigenvalue weighted by Crippen LogP contribution is -2.16. The molecule has 1 heterocycles. The quantitative estimate of drug-likeness (QED) is 0.515. The molecule has 1 aromatic heterocycles. The molecule has 0 aliphatic heterocycles. The molecule has 0 radical (unpaired) electrons. The molecule has 0 saturated carbocycles. The third kappa shape index (κ3) is 3.93. The Morgan fingerprint density at radius 1 is 0.897 bits per heavy atom. The van der Waals surface area contributed by atoms with E-state index in [1.54, 1.807) is 48.5 Å². The van der Waals surface area contributed by atoms with Crippen LogP contribution in [0.3, 0.4) is 0 Å². The van der Waals surface area contributed by atoms with Crippen LogP contribution in [0, 0.1) is 5.82 Å². The molecule has 0 spiro atoms. The van der Waals surface area contributed by atoms with Gasteiger partial charge in [-0.2, -0.15) is 5.10 Å². The molecule has 3 aromatic carbocycles. The van der Waals surface area contributed by atoms with Gasteiger partial charge in [0, 0.05) is 16.1 Å². The van der Waals surface area contributed by atoms with Crippen molar-refractivity contribution in [2.24, 2.45) is 5.14 Å². The second kappa shape index (κ2) is 7.44. The summed E-state index contributed by atoms with van der Waals surface area (Å²) >= 11 is 6.00. The van der Waals surface area contributed by atoms with Gasteiger partial charge in [0.2, 0.25) is 10.0 Å². The van der Waals surface area contributed by atoms with Crippen molar-refractivity contribution in [3.05, 3.63) is 89.7 Å². The number of rotatable bonds is 4. The number of sulfonamides is 1. The lowest BCUT2D eigenvalue weighted by atomic mass is 10.1. The maximum absolute atomic E-state index is 13.3. The van der Waals surface area contributed by atoms with Crippen LogP contribution in [-0.2, 0) is 10.0 Å². The van der Waals surface area contributed by atoms with Crippen LogP contribution < -0.4 is 5.14 Å². The Kier molecular flexibility index (Phi) is 4.96. The van der Waals surface area contributed by atoms with E-state index in [1.807, 2.05) is 12.1 Å². The Bertz CT molecular complexity index is 1280. The number of hydrogen-bond acceptors (Lipinski definition) is 3. The van der Waals surface area contributed by atoms with E-state index in [1.165, 1.54) is 22.9 Å². The van der Waals surface area contributed by atoms with E-state index in [0.29, 0.717) is 27.7 Å². The molecule has 0 unspecified atom stereocenters. The van der Waals surface area contributed by atoms with Crippen LogP contribution in [0.1, 0.15) is 0 Å². The summed E-state index contributed by atoms with van der Waals surface area (Å²) in [4.78, 5) is -0.0519. The van der Waals surface area contributed by atoms with Crippen molar-refractivity contribution < 1.29 is 12.8 Å². The van der Waals surface area contributed by atoms with Crippen molar-refractivity contribution in [3.8, 4) is 28.2 Å². The van der Waals surface area contributed by atoms with Gasteiger partial charge in [0.25, 0.3) is 0 Å². The second-order valence-electron chi connectivity index (χ2n) is 6.35. The summed E-state index contributed by atoms with van der Waals surface area (Å²) in [5, 5.41) is 10.6.